The molecule has 0 fully saturated rings. The fourth-order valence-electron chi connectivity index (χ4n) is 13.6. The van der Waals surface area contributed by atoms with E-state index in [0.29, 0.717) is 0 Å². The Morgan fingerprint density at radius 1 is 0.295 bits per heavy atom. The van der Waals surface area contributed by atoms with Gasteiger partial charge >= 0.3 is 0 Å². The molecule has 416 valence electrons. The van der Waals surface area contributed by atoms with E-state index in [0.717, 1.165) is 65.1 Å². The number of benzene rings is 12. The molecule has 0 aliphatic heterocycles. The summed E-state index contributed by atoms with van der Waals surface area (Å²) in [6.45, 7) is 0. The van der Waals surface area contributed by atoms with E-state index in [1.165, 1.54) is 92.5 Å². The Bertz CT molecular complexity index is 5860. The maximum Gasteiger partial charge on any atom is 0.145 e. The summed E-state index contributed by atoms with van der Waals surface area (Å²) in [6, 6.07) is 97.4. The molecule has 0 saturated heterocycles. The van der Waals surface area contributed by atoms with Crippen LogP contribution < -0.4 is 0 Å². The summed E-state index contributed by atoms with van der Waals surface area (Å²) in [4.78, 5) is 12.6. The number of H-pyrrole nitrogens is 1. The molecular weight excluding hydrogens is 1210 g/mol. The predicted molar refractivity (Wildman–Crippen MR) is 373 cm³/mol. The minimum Gasteiger partial charge on any atom is -0.345 e. The van der Waals surface area contributed by atoms with Crippen LogP contribution in [0.1, 0.15) is 0 Å². The van der Waals surface area contributed by atoms with Gasteiger partial charge < -0.3 is 23.3 Å². The van der Waals surface area contributed by atoms with Crippen molar-refractivity contribution in [3.63, 3.8) is 0 Å². The number of hydrogen-bond donors (Lipinski definition) is 1. The Kier molecular flexibility index (Phi) is 12.3. The second-order valence-electron chi connectivity index (χ2n) is 22.1. The number of pyridine rings is 1. The molecule has 0 aliphatic rings. The summed E-state index contributed by atoms with van der Waals surface area (Å²) in [7, 11) is 0. The van der Waals surface area contributed by atoms with Crippen molar-refractivity contribution in [3.05, 3.63) is 307 Å². The molecule has 7 aromatic heterocycles. The first-order chi connectivity index (χ1) is 43.6. The third kappa shape index (κ3) is 8.17. The number of halogens is 2. The Morgan fingerprint density at radius 2 is 0.739 bits per heavy atom. The first-order valence-electron chi connectivity index (χ1n) is 29.4. The van der Waals surface area contributed by atoms with E-state index in [9.17, 15) is 0 Å². The molecule has 0 bridgehead atoms. The molecule has 0 unspecified atom stereocenters. The molecule has 0 amide bonds. The van der Waals surface area contributed by atoms with Crippen molar-refractivity contribution in [2.24, 2.45) is 0 Å². The van der Waals surface area contributed by atoms with E-state index in [1.54, 1.807) is 6.20 Å². The highest BCUT2D eigenvalue weighted by molar-refractivity contribution is 9.13. The Balaban J connectivity index is 0.000000122. The first-order valence-corrected chi connectivity index (χ1v) is 30.9. The Labute approximate surface area is 521 Å². The van der Waals surface area contributed by atoms with E-state index in [2.05, 4.69) is 319 Å². The van der Waals surface area contributed by atoms with Crippen molar-refractivity contribution >= 4 is 146 Å². The standard InChI is InChI=1S/C39H24N4.C33H22N4.C6H4Br2/c1-3-11-25(12-4-1)42-35-20-19-29-27-15-8-10-18-34(27)43(26-13-5-2-6-14-26)38(29)37(35)32-23-30-28-16-7-9-17-33(28)41-22-21-40-39(41)31(30)24-36(32)42;1-3-9-23(10-4-1)36-29-18-17-26-25-13-7-8-14-28(25)37(24-11-5-2-6-12-24)32(26)31(29)27-16-15-22(21-30(27)36)33-34-19-20-35-33;7-5-3-1-2-4-6(5)8/h1-24H;1-21H,(H,34,35);1-4H. The molecule has 8 nitrogen and oxygen atoms in total. The monoisotopic (exact) mass is 1260 g/mol. The highest BCUT2D eigenvalue weighted by atomic mass is 79.9. The van der Waals surface area contributed by atoms with Gasteiger partial charge in [-0.3, -0.25) is 4.40 Å². The number of aromatic amines is 1. The molecule has 12 aromatic carbocycles. The van der Waals surface area contributed by atoms with E-state index in [-0.39, 0.29) is 0 Å². The SMILES string of the molecule is Brc1ccccc1Br.c1ccc(-n2c3cc(-c4ncc[nH]4)ccc3c3c2ccc2c4ccccc4n(-c4ccccc4)c23)cc1.c1ccc(-n2c3cc4c(cc3c3c2ccc2c5ccccc5n(-c5ccccc5)c23)c2ccccc2n2ccnc42)cc1. The number of fused-ring (bicyclic) bond motifs is 20. The average Bonchev–Trinajstić information content (AvgIpc) is 1.57. The highest BCUT2D eigenvalue weighted by Gasteiger charge is 2.24. The van der Waals surface area contributed by atoms with Crippen molar-refractivity contribution in [3.8, 4) is 34.1 Å². The number of nitrogens with one attached hydrogen (secondary N) is 1. The van der Waals surface area contributed by atoms with Crippen molar-refractivity contribution in [2.75, 3.05) is 0 Å². The third-order valence-corrected chi connectivity index (χ3v) is 19.2. The van der Waals surface area contributed by atoms with Crippen LogP contribution in [0.2, 0.25) is 0 Å². The van der Waals surface area contributed by atoms with Crippen molar-refractivity contribution in [2.45, 2.75) is 0 Å². The average molecular weight is 1260 g/mol. The molecule has 0 saturated carbocycles. The topological polar surface area (TPSA) is 65.7 Å². The molecule has 10 heteroatoms. The molecule has 7 heterocycles. The van der Waals surface area contributed by atoms with Crippen molar-refractivity contribution in [1.82, 2.24) is 37.6 Å². The lowest BCUT2D eigenvalue weighted by Crippen LogP contribution is -1.95. The van der Waals surface area contributed by atoms with Crippen molar-refractivity contribution < 1.29 is 0 Å². The van der Waals surface area contributed by atoms with Crippen LogP contribution in [0.3, 0.4) is 0 Å². The molecule has 0 spiro atoms. The van der Waals surface area contributed by atoms with Gasteiger partial charge in [0.1, 0.15) is 11.5 Å². The van der Waals surface area contributed by atoms with E-state index >= 15 is 0 Å². The molecule has 0 atom stereocenters. The van der Waals surface area contributed by atoms with Gasteiger partial charge in [0, 0.05) is 116 Å². The minimum atomic E-state index is 0.871. The number of nitrogens with zero attached hydrogens (tertiary/aromatic N) is 7. The molecule has 19 aromatic rings. The molecule has 19 rings (SSSR count). The van der Waals surface area contributed by atoms with Gasteiger partial charge in [0.25, 0.3) is 0 Å². The van der Waals surface area contributed by atoms with E-state index in [4.69, 9.17) is 4.98 Å². The van der Waals surface area contributed by atoms with Crippen LogP contribution in [-0.4, -0.2) is 37.6 Å². The summed E-state index contributed by atoms with van der Waals surface area (Å²) in [6.07, 6.45) is 7.64. The highest BCUT2D eigenvalue weighted by Crippen LogP contribution is 2.46. The zero-order valence-corrected chi connectivity index (χ0v) is 50.3. The van der Waals surface area contributed by atoms with Crippen LogP contribution in [0.15, 0.2) is 307 Å². The summed E-state index contributed by atoms with van der Waals surface area (Å²) < 4.78 is 14.1. The quantitative estimate of drug-likeness (QED) is 0.175. The van der Waals surface area contributed by atoms with E-state index < -0.39 is 0 Å². The first kappa shape index (κ1) is 51.6. The van der Waals surface area contributed by atoms with Gasteiger partial charge in [-0.15, -0.1) is 0 Å². The van der Waals surface area contributed by atoms with Crippen LogP contribution in [0.4, 0.5) is 0 Å². The molecule has 1 N–H and O–H groups in total. The lowest BCUT2D eigenvalue weighted by Gasteiger charge is -2.11. The third-order valence-electron chi connectivity index (χ3n) is 17.3. The van der Waals surface area contributed by atoms with E-state index in [1.807, 2.05) is 36.7 Å². The van der Waals surface area contributed by atoms with Crippen LogP contribution in [0.25, 0.3) is 149 Å². The fourth-order valence-corrected chi connectivity index (χ4v) is 14.2. The molecule has 0 radical (unpaired) electrons. The molecule has 0 aliphatic carbocycles. The van der Waals surface area contributed by atoms with Gasteiger partial charge in [0.2, 0.25) is 0 Å². The van der Waals surface area contributed by atoms with Crippen LogP contribution in [0, 0.1) is 0 Å². The Hall–Kier alpha value is -10.8. The van der Waals surface area contributed by atoms with Crippen LogP contribution >= 0.6 is 31.9 Å². The second kappa shape index (κ2) is 21.0. The van der Waals surface area contributed by atoms with Gasteiger partial charge in [-0.1, -0.05) is 164 Å². The van der Waals surface area contributed by atoms with Gasteiger partial charge in [0.05, 0.1) is 49.7 Å². The van der Waals surface area contributed by atoms with Gasteiger partial charge in [-0.25, -0.2) is 9.97 Å². The number of imidazole rings is 2. The largest absolute Gasteiger partial charge is 0.345 e. The van der Waals surface area contributed by atoms with Crippen molar-refractivity contribution in [1.29, 1.82) is 0 Å². The smallest absolute Gasteiger partial charge is 0.145 e. The maximum absolute atomic E-state index is 4.84. The predicted octanol–water partition coefficient (Wildman–Crippen LogP) is 21.3. The summed E-state index contributed by atoms with van der Waals surface area (Å²) in [5, 5.41) is 13.6. The Morgan fingerprint density at radius 3 is 1.25 bits per heavy atom. The molecule has 88 heavy (non-hydrogen) atoms. The number of hydrogen-bond acceptors (Lipinski definition) is 2. The summed E-state index contributed by atoms with van der Waals surface area (Å²) in [5.74, 6) is 0.871. The maximum atomic E-state index is 4.84. The van der Waals surface area contributed by atoms with Crippen LogP contribution in [0.5, 0.6) is 0 Å². The lowest BCUT2D eigenvalue weighted by molar-refractivity contribution is 1.17. The number of aromatic nitrogens is 8. The summed E-state index contributed by atoms with van der Waals surface area (Å²) in [5.41, 5.74) is 17.4. The van der Waals surface area contributed by atoms with Gasteiger partial charge in [0.15, 0.2) is 0 Å². The van der Waals surface area contributed by atoms with Gasteiger partial charge in [-0.2, -0.15) is 0 Å². The van der Waals surface area contributed by atoms with Gasteiger partial charge in [-0.05, 0) is 146 Å². The normalized spacial score (nSPS) is 11.8. The zero-order chi connectivity index (χ0) is 58.4. The summed E-state index contributed by atoms with van der Waals surface area (Å²) >= 11 is 6.70. The number of para-hydroxylation sites is 7. The second-order valence-corrected chi connectivity index (χ2v) is 23.8. The minimum absolute atomic E-state index is 0.871. The molecular formula is C78H50Br2N8. The number of rotatable bonds is 5. The fraction of sp³-hybridized carbons (Fsp3) is 0. The lowest BCUT2D eigenvalue weighted by atomic mass is 10.0. The van der Waals surface area contributed by atoms with Crippen LogP contribution in [-0.2, 0) is 0 Å². The zero-order valence-electron chi connectivity index (χ0n) is 47.2.